The second-order valence-corrected chi connectivity index (χ2v) is 9.36. The molecule has 1 aromatic heterocycles. The highest BCUT2D eigenvalue weighted by Gasteiger charge is 2.18. The number of benzene rings is 1. The summed E-state index contributed by atoms with van der Waals surface area (Å²) in [4.78, 5) is 12.2. The Morgan fingerprint density at radius 3 is 2.39 bits per heavy atom. The van der Waals surface area contributed by atoms with Gasteiger partial charge in [0.15, 0.2) is 11.0 Å². The standard InChI is InChI=1S/C22H32N4OS/c1-8-13-26-20(17-9-11-18(12-10-17)22(5,6)7)24-25-21(26)28-14-19(27)23-16(4)15(2)3/h8-12,15-16H,1,13-14H2,2-7H3,(H,23,27)/t16-/m0/s1. The highest BCUT2D eigenvalue weighted by Crippen LogP contribution is 2.27. The summed E-state index contributed by atoms with van der Waals surface area (Å²) in [5, 5.41) is 12.4. The number of carbonyl (C=O) groups is 1. The van der Waals surface area contributed by atoms with Gasteiger partial charge >= 0.3 is 0 Å². The topological polar surface area (TPSA) is 59.8 Å². The van der Waals surface area contributed by atoms with Crippen molar-refractivity contribution in [2.24, 2.45) is 5.92 Å². The Labute approximate surface area is 173 Å². The van der Waals surface area contributed by atoms with Crippen LogP contribution in [0.1, 0.15) is 47.1 Å². The number of rotatable bonds is 8. The fourth-order valence-electron chi connectivity index (χ4n) is 2.61. The molecule has 1 aromatic carbocycles. The van der Waals surface area contributed by atoms with Gasteiger partial charge in [0.25, 0.3) is 0 Å². The van der Waals surface area contributed by atoms with Gasteiger partial charge in [0.05, 0.1) is 5.75 Å². The van der Waals surface area contributed by atoms with Crippen molar-refractivity contribution in [1.29, 1.82) is 0 Å². The van der Waals surface area contributed by atoms with Gasteiger partial charge in [-0.25, -0.2) is 0 Å². The Bertz CT molecular complexity index is 803. The van der Waals surface area contributed by atoms with Crippen LogP contribution in [0, 0.1) is 5.92 Å². The summed E-state index contributed by atoms with van der Waals surface area (Å²) >= 11 is 1.40. The van der Waals surface area contributed by atoms with Crippen LogP contribution in [0.15, 0.2) is 42.1 Å². The van der Waals surface area contributed by atoms with E-state index in [0.29, 0.717) is 18.2 Å². The van der Waals surface area contributed by atoms with Crippen LogP contribution in [0.5, 0.6) is 0 Å². The number of aromatic nitrogens is 3. The van der Waals surface area contributed by atoms with E-state index >= 15 is 0 Å². The minimum absolute atomic E-state index is 0.00966. The molecule has 1 atom stereocenters. The lowest BCUT2D eigenvalue weighted by atomic mass is 9.87. The van der Waals surface area contributed by atoms with Crippen LogP contribution >= 0.6 is 11.8 Å². The molecule has 0 fully saturated rings. The monoisotopic (exact) mass is 400 g/mol. The highest BCUT2D eigenvalue weighted by atomic mass is 32.2. The summed E-state index contributed by atoms with van der Waals surface area (Å²) in [6.45, 7) is 17.2. The second kappa shape index (κ2) is 9.41. The Kier molecular flexibility index (Phi) is 7.47. The molecule has 152 valence electrons. The zero-order valence-corrected chi connectivity index (χ0v) is 18.6. The minimum atomic E-state index is 0.00966. The first kappa shape index (κ1) is 22.2. The van der Waals surface area contributed by atoms with Crippen molar-refractivity contribution in [3.63, 3.8) is 0 Å². The van der Waals surface area contributed by atoms with Crippen LogP contribution in [0.4, 0.5) is 0 Å². The molecule has 0 spiro atoms. The van der Waals surface area contributed by atoms with E-state index in [1.165, 1.54) is 17.3 Å². The Morgan fingerprint density at radius 1 is 1.21 bits per heavy atom. The predicted molar refractivity (Wildman–Crippen MR) is 118 cm³/mol. The molecule has 28 heavy (non-hydrogen) atoms. The van der Waals surface area contributed by atoms with Crippen molar-refractivity contribution >= 4 is 17.7 Å². The number of allylic oxidation sites excluding steroid dienone is 1. The number of hydrogen-bond donors (Lipinski definition) is 1. The maximum Gasteiger partial charge on any atom is 0.230 e. The molecule has 0 bridgehead atoms. The van der Waals surface area contributed by atoms with Crippen molar-refractivity contribution in [2.75, 3.05) is 5.75 Å². The first-order chi connectivity index (χ1) is 13.1. The lowest BCUT2D eigenvalue weighted by molar-refractivity contribution is -0.119. The largest absolute Gasteiger partial charge is 0.353 e. The molecular formula is C22H32N4OS. The summed E-state index contributed by atoms with van der Waals surface area (Å²) < 4.78 is 2.00. The number of nitrogens with zero attached hydrogens (tertiary/aromatic N) is 3. The average molecular weight is 401 g/mol. The quantitative estimate of drug-likeness (QED) is 0.516. The average Bonchev–Trinajstić information content (AvgIpc) is 3.02. The number of thioether (sulfide) groups is 1. The number of nitrogens with one attached hydrogen (secondary N) is 1. The van der Waals surface area contributed by atoms with Gasteiger partial charge in [0.1, 0.15) is 0 Å². The zero-order chi connectivity index (χ0) is 20.9. The summed E-state index contributed by atoms with van der Waals surface area (Å²) in [7, 11) is 0. The van der Waals surface area contributed by atoms with Crippen LogP contribution in [-0.4, -0.2) is 32.5 Å². The van der Waals surface area contributed by atoms with Gasteiger partial charge in [-0.05, 0) is 23.8 Å². The molecule has 0 unspecified atom stereocenters. The van der Waals surface area contributed by atoms with Crippen LogP contribution in [0.3, 0.4) is 0 Å². The van der Waals surface area contributed by atoms with Gasteiger partial charge in [-0.2, -0.15) is 0 Å². The number of amides is 1. The third-order valence-corrected chi connectivity index (χ3v) is 5.73. The third kappa shape index (κ3) is 5.71. The highest BCUT2D eigenvalue weighted by molar-refractivity contribution is 7.99. The molecule has 1 N–H and O–H groups in total. The van der Waals surface area contributed by atoms with Gasteiger partial charge in [0.2, 0.25) is 5.91 Å². The lowest BCUT2D eigenvalue weighted by Crippen LogP contribution is -2.37. The molecule has 0 aliphatic carbocycles. The molecule has 0 radical (unpaired) electrons. The maximum absolute atomic E-state index is 12.2. The van der Waals surface area contributed by atoms with E-state index in [9.17, 15) is 4.79 Å². The van der Waals surface area contributed by atoms with Gasteiger partial charge in [-0.1, -0.05) is 76.7 Å². The molecular weight excluding hydrogens is 368 g/mol. The molecule has 1 heterocycles. The van der Waals surface area contributed by atoms with E-state index in [4.69, 9.17) is 0 Å². The summed E-state index contributed by atoms with van der Waals surface area (Å²) in [6.07, 6.45) is 1.82. The van der Waals surface area contributed by atoms with E-state index in [0.717, 1.165) is 16.5 Å². The molecule has 0 saturated heterocycles. The SMILES string of the molecule is C=CCn1c(SCC(=O)N[C@@H](C)C(C)C)nnc1-c1ccc(C(C)(C)C)cc1. The van der Waals surface area contributed by atoms with Crippen molar-refractivity contribution in [3.05, 3.63) is 42.5 Å². The second-order valence-electron chi connectivity index (χ2n) is 8.42. The van der Waals surface area contributed by atoms with Crippen LogP contribution in [0.25, 0.3) is 11.4 Å². The van der Waals surface area contributed by atoms with E-state index < -0.39 is 0 Å². The predicted octanol–water partition coefficient (Wildman–Crippen LogP) is 4.68. The summed E-state index contributed by atoms with van der Waals surface area (Å²) in [6, 6.07) is 8.58. The fourth-order valence-corrected chi connectivity index (χ4v) is 3.37. The van der Waals surface area contributed by atoms with E-state index in [1.807, 2.05) is 17.6 Å². The van der Waals surface area contributed by atoms with Crippen molar-refractivity contribution in [3.8, 4) is 11.4 Å². The van der Waals surface area contributed by atoms with Crippen LogP contribution in [-0.2, 0) is 16.8 Å². The fraction of sp³-hybridized carbons (Fsp3) is 0.500. The first-order valence-corrected chi connectivity index (χ1v) is 10.7. The first-order valence-electron chi connectivity index (χ1n) is 9.70. The molecule has 6 heteroatoms. The normalized spacial score (nSPS) is 12.8. The minimum Gasteiger partial charge on any atom is -0.353 e. The van der Waals surface area contributed by atoms with Gasteiger partial charge in [-0.3, -0.25) is 9.36 Å². The third-order valence-electron chi connectivity index (χ3n) is 4.76. The molecule has 2 rings (SSSR count). The lowest BCUT2D eigenvalue weighted by Gasteiger charge is -2.19. The van der Waals surface area contributed by atoms with Gasteiger partial charge < -0.3 is 5.32 Å². The van der Waals surface area contributed by atoms with Gasteiger partial charge in [-0.15, -0.1) is 16.8 Å². The van der Waals surface area contributed by atoms with E-state index in [-0.39, 0.29) is 17.4 Å². The molecule has 1 amide bonds. The van der Waals surface area contributed by atoms with Crippen LogP contribution < -0.4 is 5.32 Å². The summed E-state index contributed by atoms with van der Waals surface area (Å²) in [5.41, 5.74) is 2.39. The van der Waals surface area contributed by atoms with Gasteiger partial charge in [0, 0.05) is 18.2 Å². The Balaban J connectivity index is 2.17. The van der Waals surface area contributed by atoms with E-state index in [2.05, 4.69) is 81.0 Å². The van der Waals surface area contributed by atoms with Crippen molar-refractivity contribution in [1.82, 2.24) is 20.1 Å². The molecule has 0 saturated carbocycles. The Hall–Kier alpha value is -2.08. The Morgan fingerprint density at radius 2 is 1.86 bits per heavy atom. The van der Waals surface area contributed by atoms with Crippen molar-refractivity contribution < 1.29 is 4.79 Å². The number of carbonyl (C=O) groups excluding carboxylic acids is 1. The smallest absolute Gasteiger partial charge is 0.230 e. The van der Waals surface area contributed by atoms with Crippen molar-refractivity contribution in [2.45, 2.75) is 64.7 Å². The molecule has 0 aliphatic heterocycles. The van der Waals surface area contributed by atoms with Crippen LogP contribution in [0.2, 0.25) is 0 Å². The molecule has 2 aromatic rings. The zero-order valence-electron chi connectivity index (χ0n) is 17.8. The summed E-state index contributed by atoms with van der Waals surface area (Å²) in [5.74, 6) is 1.52. The van der Waals surface area contributed by atoms with E-state index in [1.54, 1.807) is 0 Å². The molecule has 5 nitrogen and oxygen atoms in total. The molecule has 0 aliphatic rings. The number of hydrogen-bond acceptors (Lipinski definition) is 4. The maximum atomic E-state index is 12.2.